The summed E-state index contributed by atoms with van der Waals surface area (Å²) in [6.45, 7) is 14.6. The maximum atomic E-state index is 14.3. The number of likely N-dealkylation sites (N-methyl/N-ethyl adjacent to an activating group) is 1. The van der Waals surface area contributed by atoms with Gasteiger partial charge in [-0.15, -0.1) is 0 Å². The summed E-state index contributed by atoms with van der Waals surface area (Å²) in [5.74, 6) is -0.157. The summed E-state index contributed by atoms with van der Waals surface area (Å²) in [5, 5.41) is 3.43. The molecule has 0 aliphatic carbocycles. The third-order valence-corrected chi connectivity index (χ3v) is 3.34. The van der Waals surface area contributed by atoms with Crippen LogP contribution >= 0.6 is 0 Å². The van der Waals surface area contributed by atoms with Crippen LogP contribution in [0.2, 0.25) is 0 Å². The van der Waals surface area contributed by atoms with Gasteiger partial charge in [0.15, 0.2) is 0 Å². The van der Waals surface area contributed by atoms with Crippen molar-refractivity contribution >= 4 is 5.69 Å². The van der Waals surface area contributed by atoms with Crippen molar-refractivity contribution in [1.29, 1.82) is 0 Å². The van der Waals surface area contributed by atoms with E-state index in [1.807, 2.05) is 19.9 Å². The van der Waals surface area contributed by atoms with E-state index < -0.39 is 0 Å². The van der Waals surface area contributed by atoms with Crippen molar-refractivity contribution in [2.24, 2.45) is 0 Å². The Hall–Kier alpha value is -1.35. The van der Waals surface area contributed by atoms with Crippen LogP contribution in [0.3, 0.4) is 0 Å². The molecule has 0 aromatic heterocycles. The van der Waals surface area contributed by atoms with Gasteiger partial charge in [-0.2, -0.15) is 0 Å². The van der Waals surface area contributed by atoms with E-state index in [1.165, 1.54) is 6.07 Å². The highest BCUT2D eigenvalue weighted by molar-refractivity contribution is 5.56. The smallest absolute Gasteiger partial charge is 0.146 e. The van der Waals surface area contributed by atoms with Crippen molar-refractivity contribution in [2.75, 3.05) is 24.5 Å². The van der Waals surface area contributed by atoms with E-state index in [1.54, 1.807) is 6.07 Å². The molecule has 1 aromatic rings. The molecule has 1 N–H and O–H groups in total. The van der Waals surface area contributed by atoms with Crippen LogP contribution in [0.15, 0.2) is 30.4 Å². The molecule has 1 aromatic carbocycles. The Morgan fingerprint density at radius 3 is 2.65 bits per heavy atom. The summed E-state index contributed by atoms with van der Waals surface area (Å²) in [6.07, 6.45) is 1.07. The molecule has 2 nitrogen and oxygen atoms in total. The van der Waals surface area contributed by atoms with E-state index in [4.69, 9.17) is 0 Å². The predicted octanol–water partition coefficient (Wildman–Crippen LogP) is 4.29. The van der Waals surface area contributed by atoms with E-state index in [0.29, 0.717) is 12.2 Å². The number of hydrogen-bond acceptors (Lipinski definition) is 2. The second-order valence-corrected chi connectivity index (χ2v) is 5.32. The zero-order valence-corrected chi connectivity index (χ0v) is 13.2. The Morgan fingerprint density at radius 2 is 2.10 bits per heavy atom. The third kappa shape index (κ3) is 4.34. The first-order valence-electron chi connectivity index (χ1n) is 7.42. The van der Waals surface area contributed by atoms with Crippen LogP contribution in [0.4, 0.5) is 10.1 Å². The molecule has 0 radical (unpaired) electrons. The zero-order valence-electron chi connectivity index (χ0n) is 13.2. The van der Waals surface area contributed by atoms with E-state index in [9.17, 15) is 4.39 Å². The van der Waals surface area contributed by atoms with Crippen molar-refractivity contribution < 1.29 is 4.39 Å². The standard InChI is InChI=1S/C17H27FN2/c1-6-11-19-14(5)15-9-8-10-16(18)17(15)20(7-2)12-13(3)4/h8-10,14,19H,3,6-7,11-12H2,1-2,4-5H3. The Morgan fingerprint density at radius 1 is 1.40 bits per heavy atom. The Kier molecular flexibility index (Phi) is 6.73. The van der Waals surface area contributed by atoms with Crippen LogP contribution in [0.5, 0.6) is 0 Å². The van der Waals surface area contributed by atoms with Gasteiger partial charge >= 0.3 is 0 Å². The maximum absolute atomic E-state index is 14.3. The molecule has 0 bridgehead atoms. The fourth-order valence-corrected chi connectivity index (χ4v) is 2.36. The molecule has 0 amide bonds. The number of benzene rings is 1. The van der Waals surface area contributed by atoms with E-state index in [-0.39, 0.29) is 11.9 Å². The summed E-state index contributed by atoms with van der Waals surface area (Å²) in [4.78, 5) is 2.05. The van der Waals surface area contributed by atoms with Crippen LogP contribution in [0.25, 0.3) is 0 Å². The molecule has 0 saturated heterocycles. The Bertz CT molecular complexity index is 443. The molecule has 0 spiro atoms. The highest BCUT2D eigenvalue weighted by Gasteiger charge is 2.18. The van der Waals surface area contributed by atoms with Crippen molar-refractivity contribution in [3.63, 3.8) is 0 Å². The molecule has 0 aliphatic heterocycles. The largest absolute Gasteiger partial charge is 0.365 e. The first-order valence-corrected chi connectivity index (χ1v) is 7.42. The van der Waals surface area contributed by atoms with E-state index in [0.717, 1.165) is 30.6 Å². The topological polar surface area (TPSA) is 15.3 Å². The van der Waals surface area contributed by atoms with Crippen LogP contribution in [-0.4, -0.2) is 19.6 Å². The fourth-order valence-electron chi connectivity index (χ4n) is 2.36. The van der Waals surface area contributed by atoms with Gasteiger partial charge in [-0.3, -0.25) is 0 Å². The van der Waals surface area contributed by atoms with Crippen LogP contribution in [0.1, 0.15) is 45.7 Å². The SMILES string of the molecule is C=C(C)CN(CC)c1c(F)cccc1C(C)NCCC. The molecule has 112 valence electrons. The molecule has 0 saturated carbocycles. The van der Waals surface area contributed by atoms with Crippen LogP contribution in [-0.2, 0) is 0 Å². The van der Waals surface area contributed by atoms with Crippen molar-refractivity contribution in [2.45, 2.75) is 40.2 Å². The van der Waals surface area contributed by atoms with E-state index >= 15 is 0 Å². The summed E-state index contributed by atoms with van der Waals surface area (Å²) >= 11 is 0. The second-order valence-electron chi connectivity index (χ2n) is 5.32. The quantitative estimate of drug-likeness (QED) is 0.714. The lowest BCUT2D eigenvalue weighted by Gasteiger charge is -2.28. The zero-order chi connectivity index (χ0) is 15.1. The van der Waals surface area contributed by atoms with Crippen molar-refractivity contribution in [3.05, 3.63) is 41.7 Å². The fraction of sp³-hybridized carbons (Fsp3) is 0.529. The number of halogens is 1. The molecule has 20 heavy (non-hydrogen) atoms. The Labute approximate surface area is 122 Å². The van der Waals surface area contributed by atoms with Crippen LogP contribution in [0, 0.1) is 5.82 Å². The summed E-state index contributed by atoms with van der Waals surface area (Å²) in [5.41, 5.74) is 2.76. The highest BCUT2D eigenvalue weighted by atomic mass is 19.1. The van der Waals surface area contributed by atoms with Gasteiger partial charge in [-0.05, 0) is 45.4 Å². The highest BCUT2D eigenvalue weighted by Crippen LogP contribution is 2.29. The summed E-state index contributed by atoms with van der Waals surface area (Å²) in [7, 11) is 0. The summed E-state index contributed by atoms with van der Waals surface area (Å²) < 4.78 is 14.3. The number of para-hydroxylation sites is 1. The third-order valence-electron chi connectivity index (χ3n) is 3.34. The van der Waals surface area contributed by atoms with Gasteiger partial charge in [0.05, 0.1) is 5.69 Å². The lowest BCUT2D eigenvalue weighted by atomic mass is 10.0. The predicted molar refractivity (Wildman–Crippen MR) is 85.8 cm³/mol. The maximum Gasteiger partial charge on any atom is 0.146 e. The first-order chi connectivity index (χ1) is 9.51. The Balaban J connectivity index is 3.11. The number of nitrogens with zero attached hydrogens (tertiary/aromatic N) is 1. The molecule has 1 unspecified atom stereocenters. The molecular weight excluding hydrogens is 251 g/mol. The van der Waals surface area contributed by atoms with Gasteiger partial charge in [0, 0.05) is 19.1 Å². The molecular formula is C17H27FN2. The van der Waals surface area contributed by atoms with Crippen LogP contribution < -0.4 is 10.2 Å². The van der Waals surface area contributed by atoms with Crippen molar-refractivity contribution in [3.8, 4) is 0 Å². The number of nitrogens with one attached hydrogen (secondary N) is 1. The minimum Gasteiger partial charge on any atom is -0.365 e. The lowest BCUT2D eigenvalue weighted by Crippen LogP contribution is -2.29. The van der Waals surface area contributed by atoms with Crippen molar-refractivity contribution in [1.82, 2.24) is 5.32 Å². The molecule has 0 aliphatic rings. The first kappa shape index (κ1) is 16.7. The number of rotatable bonds is 8. The van der Waals surface area contributed by atoms with Gasteiger partial charge in [-0.25, -0.2) is 4.39 Å². The van der Waals surface area contributed by atoms with E-state index in [2.05, 4.69) is 30.6 Å². The molecule has 0 heterocycles. The summed E-state index contributed by atoms with van der Waals surface area (Å²) in [6, 6.07) is 5.46. The van der Waals surface area contributed by atoms with Gasteiger partial charge in [0.2, 0.25) is 0 Å². The molecule has 1 atom stereocenters. The van der Waals surface area contributed by atoms with Gasteiger partial charge < -0.3 is 10.2 Å². The minimum absolute atomic E-state index is 0.139. The van der Waals surface area contributed by atoms with Gasteiger partial charge in [0.1, 0.15) is 5.82 Å². The normalized spacial score (nSPS) is 12.2. The minimum atomic E-state index is -0.157. The second kappa shape index (κ2) is 8.05. The molecule has 3 heteroatoms. The number of hydrogen-bond donors (Lipinski definition) is 1. The average Bonchev–Trinajstić information content (AvgIpc) is 2.42. The lowest BCUT2D eigenvalue weighted by molar-refractivity contribution is 0.559. The average molecular weight is 278 g/mol. The van der Waals surface area contributed by atoms with Gasteiger partial charge in [0.25, 0.3) is 0 Å². The number of anilines is 1. The molecule has 1 rings (SSSR count). The van der Waals surface area contributed by atoms with Gasteiger partial charge in [-0.1, -0.05) is 31.2 Å². The molecule has 0 fully saturated rings. The monoisotopic (exact) mass is 278 g/mol.